The van der Waals surface area contributed by atoms with E-state index in [1.165, 1.54) is 6.07 Å². The van der Waals surface area contributed by atoms with Crippen molar-refractivity contribution in [2.24, 2.45) is 0 Å². The minimum atomic E-state index is -4.53. The molecule has 1 rings (SSSR count). The van der Waals surface area contributed by atoms with Gasteiger partial charge < -0.3 is 10.1 Å². The fourth-order valence-electron chi connectivity index (χ4n) is 1.71. The quantitative estimate of drug-likeness (QED) is 0.793. The van der Waals surface area contributed by atoms with E-state index in [4.69, 9.17) is 4.74 Å². The molecular formula is C14H19F4NO. The summed E-state index contributed by atoms with van der Waals surface area (Å²) >= 11 is 0. The summed E-state index contributed by atoms with van der Waals surface area (Å²) in [6.07, 6.45) is -5.72. The van der Waals surface area contributed by atoms with E-state index in [9.17, 15) is 17.6 Å². The Balaban J connectivity index is 2.99. The van der Waals surface area contributed by atoms with Crippen LogP contribution in [0.5, 0.6) is 5.75 Å². The van der Waals surface area contributed by atoms with Crippen LogP contribution in [0.15, 0.2) is 18.2 Å². The summed E-state index contributed by atoms with van der Waals surface area (Å²) in [5.74, 6) is -1.13. The highest BCUT2D eigenvalue weighted by atomic mass is 19.4. The molecule has 0 radical (unpaired) electrons. The molecule has 1 N–H and O–H groups in total. The van der Waals surface area contributed by atoms with Crippen LogP contribution in [-0.4, -0.2) is 18.8 Å². The average Bonchev–Trinajstić information content (AvgIpc) is 2.37. The van der Waals surface area contributed by atoms with Crippen LogP contribution < -0.4 is 10.1 Å². The average molecular weight is 293 g/mol. The van der Waals surface area contributed by atoms with E-state index in [2.05, 4.69) is 5.32 Å². The zero-order valence-electron chi connectivity index (χ0n) is 11.7. The minimum absolute atomic E-state index is 0.291. The first-order valence-corrected chi connectivity index (χ1v) is 6.52. The lowest BCUT2D eigenvalue weighted by Gasteiger charge is -2.23. The Bertz CT molecular complexity index is 434. The van der Waals surface area contributed by atoms with Crippen LogP contribution in [-0.2, 0) is 0 Å². The van der Waals surface area contributed by atoms with E-state index in [-0.39, 0.29) is 11.8 Å². The van der Waals surface area contributed by atoms with E-state index >= 15 is 0 Å². The molecule has 0 bridgehead atoms. The lowest BCUT2D eigenvalue weighted by molar-refractivity contribution is -0.189. The van der Waals surface area contributed by atoms with Crippen molar-refractivity contribution < 1.29 is 22.3 Å². The van der Waals surface area contributed by atoms with Crippen molar-refractivity contribution in [1.29, 1.82) is 0 Å². The number of rotatable bonds is 6. The van der Waals surface area contributed by atoms with Crippen LogP contribution in [0.3, 0.4) is 0 Å². The zero-order valence-corrected chi connectivity index (χ0v) is 11.7. The van der Waals surface area contributed by atoms with Gasteiger partial charge in [-0.05, 0) is 32.9 Å². The summed E-state index contributed by atoms with van der Waals surface area (Å²) in [5.41, 5.74) is 0.384. The summed E-state index contributed by atoms with van der Waals surface area (Å²) in [5, 5.41) is 3.10. The molecule has 20 heavy (non-hydrogen) atoms. The summed E-state index contributed by atoms with van der Waals surface area (Å²) in [6.45, 7) is 5.27. The van der Waals surface area contributed by atoms with Gasteiger partial charge in [-0.2, -0.15) is 13.2 Å². The number of ether oxygens (including phenoxy) is 1. The topological polar surface area (TPSA) is 21.3 Å². The summed E-state index contributed by atoms with van der Waals surface area (Å²) < 4.78 is 56.2. The third-order valence-electron chi connectivity index (χ3n) is 2.92. The number of nitrogens with one attached hydrogen (secondary N) is 1. The number of benzene rings is 1. The first-order chi connectivity index (χ1) is 9.27. The van der Waals surface area contributed by atoms with Gasteiger partial charge in [0.05, 0.1) is 0 Å². The summed E-state index contributed by atoms with van der Waals surface area (Å²) in [4.78, 5) is 0. The van der Waals surface area contributed by atoms with Crippen LogP contribution in [0, 0.1) is 5.82 Å². The zero-order chi connectivity index (χ0) is 15.3. The fraction of sp³-hybridized carbons (Fsp3) is 0.571. The third-order valence-corrected chi connectivity index (χ3v) is 2.92. The van der Waals surface area contributed by atoms with E-state index in [0.717, 1.165) is 19.4 Å². The molecule has 0 spiro atoms. The number of alkyl halides is 3. The van der Waals surface area contributed by atoms with Crippen LogP contribution in [0.4, 0.5) is 17.6 Å². The van der Waals surface area contributed by atoms with Crippen LogP contribution in [0.1, 0.15) is 38.8 Å². The maximum absolute atomic E-state index is 13.8. The second-order valence-electron chi connectivity index (χ2n) is 4.64. The van der Waals surface area contributed by atoms with Gasteiger partial charge in [-0.25, -0.2) is 4.39 Å². The Morgan fingerprint density at radius 3 is 2.45 bits per heavy atom. The molecule has 0 aliphatic rings. The van der Waals surface area contributed by atoms with Crippen LogP contribution >= 0.6 is 0 Å². The maximum Gasteiger partial charge on any atom is 0.425 e. The molecule has 0 aliphatic heterocycles. The molecule has 2 unspecified atom stereocenters. The van der Waals surface area contributed by atoms with Gasteiger partial charge in [-0.3, -0.25) is 0 Å². The Hall–Kier alpha value is -1.30. The number of hydrogen-bond acceptors (Lipinski definition) is 2. The highest BCUT2D eigenvalue weighted by Gasteiger charge is 2.39. The molecule has 0 aliphatic carbocycles. The monoisotopic (exact) mass is 293 g/mol. The van der Waals surface area contributed by atoms with Crippen molar-refractivity contribution in [1.82, 2.24) is 5.32 Å². The summed E-state index contributed by atoms with van der Waals surface area (Å²) in [6, 6.07) is 3.82. The van der Waals surface area contributed by atoms with Gasteiger partial charge >= 0.3 is 6.18 Å². The number of hydrogen-bond donors (Lipinski definition) is 1. The Kier molecular flexibility index (Phi) is 5.80. The predicted molar refractivity (Wildman–Crippen MR) is 69.3 cm³/mol. The number of halogens is 4. The molecule has 0 saturated heterocycles. The van der Waals surface area contributed by atoms with E-state index < -0.39 is 18.1 Å². The smallest absolute Gasteiger partial charge is 0.425 e. The van der Waals surface area contributed by atoms with Gasteiger partial charge in [0.25, 0.3) is 0 Å². The molecule has 0 saturated carbocycles. The van der Waals surface area contributed by atoms with Crippen LogP contribution in [0.2, 0.25) is 0 Å². The van der Waals surface area contributed by atoms with E-state index in [0.29, 0.717) is 12.1 Å². The van der Waals surface area contributed by atoms with Gasteiger partial charge in [0.1, 0.15) is 0 Å². The second kappa shape index (κ2) is 6.92. The largest absolute Gasteiger partial charge is 0.478 e. The predicted octanol–water partition coefficient (Wildman–Crippen LogP) is 4.22. The standard InChI is InChI=1S/C14H19F4NO/c1-4-8-19-9(2)11-6-5-7-12(15)13(11)20-10(3)14(16,17)18/h5-7,9-10,19H,4,8H2,1-3H3. The maximum atomic E-state index is 13.8. The van der Waals surface area contributed by atoms with Crippen molar-refractivity contribution in [2.75, 3.05) is 6.54 Å². The van der Waals surface area contributed by atoms with Gasteiger partial charge in [0, 0.05) is 11.6 Å². The Labute approximate surface area is 116 Å². The Morgan fingerprint density at radius 1 is 1.25 bits per heavy atom. The van der Waals surface area contributed by atoms with Crippen molar-refractivity contribution in [2.45, 2.75) is 45.5 Å². The highest BCUT2D eigenvalue weighted by Crippen LogP contribution is 2.32. The molecule has 0 amide bonds. The van der Waals surface area contributed by atoms with Crippen molar-refractivity contribution in [3.63, 3.8) is 0 Å². The normalized spacial score (nSPS) is 14.9. The molecule has 1 aromatic carbocycles. The molecule has 1 aromatic rings. The van der Waals surface area contributed by atoms with Crippen LogP contribution in [0.25, 0.3) is 0 Å². The van der Waals surface area contributed by atoms with Crippen molar-refractivity contribution in [3.8, 4) is 5.75 Å². The molecule has 0 aromatic heterocycles. The molecule has 114 valence electrons. The van der Waals surface area contributed by atoms with Gasteiger partial charge in [0.2, 0.25) is 0 Å². The van der Waals surface area contributed by atoms with Gasteiger partial charge in [0.15, 0.2) is 17.7 Å². The highest BCUT2D eigenvalue weighted by molar-refractivity contribution is 5.37. The SMILES string of the molecule is CCCNC(C)c1cccc(F)c1OC(C)C(F)(F)F. The van der Waals surface area contributed by atoms with E-state index in [1.54, 1.807) is 13.0 Å². The summed E-state index contributed by atoms with van der Waals surface area (Å²) in [7, 11) is 0. The van der Waals surface area contributed by atoms with Crippen molar-refractivity contribution in [3.05, 3.63) is 29.6 Å². The lowest BCUT2D eigenvalue weighted by Crippen LogP contribution is -2.32. The second-order valence-corrected chi connectivity index (χ2v) is 4.64. The molecule has 0 fully saturated rings. The van der Waals surface area contributed by atoms with Gasteiger partial charge in [-0.15, -0.1) is 0 Å². The minimum Gasteiger partial charge on any atom is -0.478 e. The molecule has 2 atom stereocenters. The molecular weight excluding hydrogens is 274 g/mol. The lowest BCUT2D eigenvalue weighted by atomic mass is 10.1. The third kappa shape index (κ3) is 4.37. The Morgan fingerprint density at radius 2 is 1.90 bits per heavy atom. The number of para-hydroxylation sites is 1. The molecule has 2 nitrogen and oxygen atoms in total. The molecule has 6 heteroatoms. The first-order valence-electron chi connectivity index (χ1n) is 6.52. The molecule has 0 heterocycles. The van der Waals surface area contributed by atoms with Gasteiger partial charge in [-0.1, -0.05) is 19.1 Å². The first kappa shape index (κ1) is 16.8. The van der Waals surface area contributed by atoms with E-state index in [1.807, 2.05) is 6.92 Å². The van der Waals surface area contributed by atoms with Crippen molar-refractivity contribution >= 4 is 0 Å². The fourth-order valence-corrected chi connectivity index (χ4v) is 1.71.